The van der Waals surface area contributed by atoms with Gasteiger partial charge in [-0.2, -0.15) is 0 Å². The molecule has 3 saturated carbocycles. The Morgan fingerprint density at radius 2 is 1.69 bits per heavy atom. The van der Waals surface area contributed by atoms with Crippen LogP contribution in [0.25, 0.3) is 0 Å². The summed E-state index contributed by atoms with van der Waals surface area (Å²) in [4.78, 5) is 26.3. The van der Waals surface area contributed by atoms with Gasteiger partial charge in [-0.3, -0.25) is 9.59 Å². The number of aliphatic hydroxyl groups is 2. The lowest BCUT2D eigenvalue weighted by atomic mass is 9.44. The van der Waals surface area contributed by atoms with Gasteiger partial charge in [-0.25, -0.2) is 0 Å². The van der Waals surface area contributed by atoms with E-state index in [0.717, 1.165) is 0 Å². The summed E-state index contributed by atoms with van der Waals surface area (Å²) in [6.45, 7) is 7.44. The molecule has 0 amide bonds. The van der Waals surface area contributed by atoms with Crippen LogP contribution in [0.4, 0.5) is 0 Å². The Hall–Kier alpha value is -1.32. The lowest BCUT2D eigenvalue weighted by molar-refractivity contribution is -0.418. The molecule has 4 aliphatic carbocycles. The number of allylic oxidation sites excluding steroid dienone is 1. The number of rotatable bonds is 1. The number of hydrogen-bond donors (Lipinski definition) is 2. The lowest BCUT2D eigenvalue weighted by Crippen LogP contribution is -2.77. The summed E-state index contributed by atoms with van der Waals surface area (Å²) in [7, 11) is 0. The number of ether oxygens (including phenoxy) is 4. The maximum absolute atomic E-state index is 13.5. The zero-order valence-corrected chi connectivity index (χ0v) is 21.4. The fourth-order valence-corrected chi connectivity index (χ4v) is 10.2. The zero-order valence-electron chi connectivity index (χ0n) is 21.4. The smallest absolute Gasteiger partial charge is 0.315 e. The van der Waals surface area contributed by atoms with Gasteiger partial charge < -0.3 is 29.2 Å². The lowest BCUT2D eigenvalue weighted by Gasteiger charge is -2.66. The summed E-state index contributed by atoms with van der Waals surface area (Å²) in [5.41, 5.74) is -5.41. The maximum atomic E-state index is 13.5. The molecule has 5 aliphatic heterocycles. The molecule has 8 fully saturated rings. The van der Waals surface area contributed by atoms with Crippen molar-refractivity contribution < 1.29 is 38.7 Å². The van der Waals surface area contributed by atoms with Crippen molar-refractivity contribution in [2.24, 2.45) is 28.6 Å². The first kappa shape index (κ1) is 22.6. The molecule has 2 N–H and O–H groups in total. The first-order chi connectivity index (χ1) is 16.8. The third-order valence-corrected chi connectivity index (χ3v) is 12.7. The molecule has 8 nitrogen and oxygen atoms in total. The van der Waals surface area contributed by atoms with Crippen molar-refractivity contribution in [1.82, 2.24) is 0 Å². The molecule has 0 radical (unpaired) electrons. The van der Waals surface area contributed by atoms with Crippen LogP contribution >= 0.6 is 0 Å². The van der Waals surface area contributed by atoms with Crippen LogP contribution in [0.15, 0.2) is 12.2 Å². The summed E-state index contributed by atoms with van der Waals surface area (Å²) in [6.07, 6.45) is 6.44. The minimum Gasteiger partial charge on any atom is -0.461 e. The molecule has 0 aromatic rings. The molecule has 5 saturated heterocycles. The van der Waals surface area contributed by atoms with E-state index in [9.17, 15) is 19.8 Å². The van der Waals surface area contributed by atoms with Gasteiger partial charge in [0.25, 0.3) is 0 Å². The van der Waals surface area contributed by atoms with Crippen LogP contribution in [0.3, 0.4) is 0 Å². The first-order valence-electron chi connectivity index (χ1n) is 13.7. The van der Waals surface area contributed by atoms with Gasteiger partial charge in [0.15, 0.2) is 11.6 Å². The van der Waals surface area contributed by atoms with E-state index in [0.29, 0.717) is 44.9 Å². The van der Waals surface area contributed by atoms with Crippen LogP contribution in [0, 0.1) is 28.6 Å². The van der Waals surface area contributed by atoms with E-state index >= 15 is 0 Å². The van der Waals surface area contributed by atoms with E-state index in [4.69, 9.17) is 18.9 Å². The Morgan fingerprint density at radius 1 is 0.917 bits per heavy atom. The van der Waals surface area contributed by atoms with Gasteiger partial charge in [0, 0.05) is 18.8 Å². The molecule has 196 valence electrons. The van der Waals surface area contributed by atoms with Crippen molar-refractivity contribution in [2.75, 3.05) is 0 Å². The van der Waals surface area contributed by atoms with E-state index < -0.39 is 45.1 Å². The molecule has 9 aliphatic rings. The number of hydrogen-bond acceptors (Lipinski definition) is 8. The summed E-state index contributed by atoms with van der Waals surface area (Å²) >= 11 is 0. The van der Waals surface area contributed by atoms with Crippen molar-refractivity contribution in [3.05, 3.63) is 12.2 Å². The average Bonchev–Trinajstić information content (AvgIpc) is 3.45. The molecule has 5 heterocycles. The summed E-state index contributed by atoms with van der Waals surface area (Å²) in [5, 5.41) is 23.1. The predicted molar refractivity (Wildman–Crippen MR) is 123 cm³/mol. The number of carbonyl (C=O) groups is 2. The van der Waals surface area contributed by atoms with Gasteiger partial charge >= 0.3 is 5.97 Å². The van der Waals surface area contributed by atoms with Gasteiger partial charge in [-0.1, -0.05) is 6.08 Å². The summed E-state index contributed by atoms with van der Waals surface area (Å²) < 4.78 is 26.5. The Balaban J connectivity index is 1.26. The molecule has 2 spiro atoms. The molecular formula is C28H36O8. The maximum Gasteiger partial charge on any atom is 0.315 e. The summed E-state index contributed by atoms with van der Waals surface area (Å²) in [5.74, 6) is -1.74. The van der Waals surface area contributed by atoms with Gasteiger partial charge in [-0.05, 0) is 71.8 Å². The van der Waals surface area contributed by atoms with Crippen molar-refractivity contribution in [1.29, 1.82) is 0 Å². The molecule has 4 unspecified atom stereocenters. The van der Waals surface area contributed by atoms with Gasteiger partial charge in [0.05, 0.1) is 34.1 Å². The minimum atomic E-state index is -1.17. The number of fused-ring (bicyclic) bond motifs is 7. The molecule has 4 bridgehead atoms. The Bertz CT molecular complexity index is 1140. The quantitative estimate of drug-likeness (QED) is 0.416. The van der Waals surface area contributed by atoms with Crippen LogP contribution in [0.1, 0.15) is 72.6 Å². The van der Waals surface area contributed by atoms with Gasteiger partial charge in [0.1, 0.15) is 23.4 Å². The highest BCUT2D eigenvalue weighted by Crippen LogP contribution is 2.76. The number of epoxide rings is 1. The third kappa shape index (κ3) is 2.08. The first-order valence-corrected chi connectivity index (χ1v) is 13.7. The highest BCUT2D eigenvalue weighted by atomic mass is 16.8. The van der Waals surface area contributed by atoms with Crippen molar-refractivity contribution in [3.63, 3.8) is 0 Å². The number of carbonyl (C=O) groups excluding carboxylic acids is 2. The molecular weight excluding hydrogens is 464 g/mol. The Morgan fingerprint density at radius 3 is 2.44 bits per heavy atom. The van der Waals surface area contributed by atoms with Gasteiger partial charge in [-0.15, -0.1) is 0 Å². The van der Waals surface area contributed by atoms with Crippen LogP contribution < -0.4 is 0 Å². The molecule has 9 rings (SSSR count). The van der Waals surface area contributed by atoms with E-state index in [1.54, 1.807) is 19.9 Å². The monoisotopic (exact) mass is 500 g/mol. The SMILES string of the molecule is CC12C[C@@H]([C@@]34CC[C@@]5(O3)C3C(O4)[C@H]4O[C@]46CC=CC(=O)[C@]6(C)[C@H]3CC[C@]5(C)O)C(C[C@@]1(C)O)OC2=O. The van der Waals surface area contributed by atoms with Crippen molar-refractivity contribution in [2.45, 2.75) is 119 Å². The second-order valence-corrected chi connectivity index (χ2v) is 14.0. The molecule has 0 aromatic heterocycles. The molecule has 0 aromatic carbocycles. The van der Waals surface area contributed by atoms with Crippen molar-refractivity contribution in [3.8, 4) is 0 Å². The van der Waals surface area contributed by atoms with E-state index in [1.165, 1.54) is 0 Å². The highest BCUT2D eigenvalue weighted by molar-refractivity contribution is 5.98. The third-order valence-electron chi connectivity index (χ3n) is 12.7. The Labute approximate surface area is 210 Å². The minimum absolute atomic E-state index is 0.0195. The number of ketones is 1. The van der Waals surface area contributed by atoms with Crippen LogP contribution in [0.2, 0.25) is 0 Å². The van der Waals surface area contributed by atoms with Crippen molar-refractivity contribution >= 4 is 11.8 Å². The fraction of sp³-hybridized carbons (Fsp3) is 0.857. The van der Waals surface area contributed by atoms with E-state index in [2.05, 4.69) is 6.92 Å². The van der Waals surface area contributed by atoms with Crippen LogP contribution in [-0.2, 0) is 28.5 Å². The van der Waals surface area contributed by atoms with Crippen LogP contribution in [0.5, 0.6) is 0 Å². The van der Waals surface area contributed by atoms with E-state index in [-0.39, 0.29) is 41.7 Å². The second-order valence-electron chi connectivity index (χ2n) is 14.0. The van der Waals surface area contributed by atoms with E-state index in [1.807, 2.05) is 13.0 Å². The standard InChI is InChI=1S/C28H36O8/c1-22-12-15(16(33-21(22)30)13-24(22,3)32)28-11-10-26(36-28)18-14(7-9-23(26,2)31)25(4)17(29)6-5-8-27(25)20(35-27)19(18)34-28/h5-6,14-16,18-20,31-32H,7-13H2,1-4H3/t14-,15+,16?,18?,19?,20+,22?,23-,24+,25-,26+,27+,28+/m0/s1. The molecule has 8 heteroatoms. The molecule has 13 atom stereocenters. The van der Waals surface area contributed by atoms with Crippen LogP contribution in [-0.4, -0.2) is 68.5 Å². The normalized spacial score (nSPS) is 65.9. The topological polar surface area (TPSA) is 115 Å². The fourth-order valence-electron chi connectivity index (χ4n) is 10.2. The van der Waals surface area contributed by atoms with Gasteiger partial charge in [0.2, 0.25) is 0 Å². The zero-order chi connectivity index (χ0) is 25.3. The molecule has 36 heavy (non-hydrogen) atoms. The highest BCUT2D eigenvalue weighted by Gasteiger charge is 2.86. The summed E-state index contributed by atoms with van der Waals surface area (Å²) in [6, 6.07) is 0. The second kappa shape index (κ2) is 5.96. The number of esters is 1. The largest absolute Gasteiger partial charge is 0.461 e. The Kier molecular flexibility index (Phi) is 3.75. The predicted octanol–water partition coefficient (Wildman–Crippen LogP) is 2.19. The average molecular weight is 501 g/mol.